The van der Waals surface area contributed by atoms with Gasteiger partial charge in [0.2, 0.25) is 0 Å². The molecule has 0 radical (unpaired) electrons. The van der Waals surface area contributed by atoms with Crippen molar-refractivity contribution in [3.8, 4) is 0 Å². The first-order valence-corrected chi connectivity index (χ1v) is 7.47. The lowest BCUT2D eigenvalue weighted by Gasteiger charge is -2.12. The first-order valence-electron chi connectivity index (χ1n) is 5.36. The Morgan fingerprint density at radius 3 is 2.88 bits per heavy atom. The predicted molar refractivity (Wildman–Crippen MR) is 78.7 cm³/mol. The van der Waals surface area contributed by atoms with E-state index in [1.165, 1.54) is 11.1 Å². The van der Waals surface area contributed by atoms with E-state index in [1.54, 1.807) is 11.3 Å². The fraction of sp³-hybridized carbons (Fsp3) is 0.231. The van der Waals surface area contributed by atoms with Crippen LogP contribution >= 0.6 is 38.9 Å². The lowest BCUT2D eigenvalue weighted by atomic mass is 10.1. The Morgan fingerprint density at radius 1 is 1.41 bits per heavy atom. The molecule has 1 nitrogen and oxygen atoms in total. The second kappa shape index (κ2) is 6.01. The van der Waals surface area contributed by atoms with Crippen LogP contribution in [0.1, 0.15) is 24.1 Å². The van der Waals surface area contributed by atoms with Crippen LogP contribution < -0.4 is 5.32 Å². The molecule has 0 spiro atoms. The van der Waals surface area contributed by atoms with Crippen LogP contribution in [0.15, 0.2) is 39.5 Å². The summed E-state index contributed by atoms with van der Waals surface area (Å²) in [4.78, 5) is 0. The summed E-state index contributed by atoms with van der Waals surface area (Å²) < 4.78 is 0.939. The van der Waals surface area contributed by atoms with Gasteiger partial charge in [-0.2, -0.15) is 11.3 Å². The van der Waals surface area contributed by atoms with Gasteiger partial charge in [-0.3, -0.25) is 0 Å². The van der Waals surface area contributed by atoms with Crippen molar-refractivity contribution in [3.05, 3.63) is 55.6 Å². The summed E-state index contributed by atoms with van der Waals surface area (Å²) in [5.74, 6) is 0. The van der Waals surface area contributed by atoms with E-state index in [2.05, 4.69) is 51.1 Å². The highest BCUT2D eigenvalue weighted by molar-refractivity contribution is 9.10. The van der Waals surface area contributed by atoms with Gasteiger partial charge in [-0.05, 0) is 62.9 Å². The molecule has 0 bridgehead atoms. The minimum atomic E-state index is 0.365. The first-order chi connectivity index (χ1) is 8.16. The molecule has 1 aromatic heterocycles. The van der Waals surface area contributed by atoms with E-state index in [9.17, 15) is 0 Å². The van der Waals surface area contributed by atoms with Gasteiger partial charge in [0.15, 0.2) is 0 Å². The maximum Gasteiger partial charge on any atom is 0.0551 e. The minimum absolute atomic E-state index is 0.365. The molecule has 1 heterocycles. The van der Waals surface area contributed by atoms with Crippen molar-refractivity contribution >= 4 is 38.9 Å². The Hall–Kier alpha value is -0.350. The van der Waals surface area contributed by atoms with Crippen molar-refractivity contribution in [2.75, 3.05) is 0 Å². The molecule has 90 valence electrons. The molecule has 17 heavy (non-hydrogen) atoms. The lowest BCUT2D eigenvalue weighted by Crippen LogP contribution is -2.17. The Balaban J connectivity index is 1.96. The molecular weight excluding hydrogens is 318 g/mol. The summed E-state index contributed by atoms with van der Waals surface area (Å²) in [6.45, 7) is 2.99. The zero-order valence-electron chi connectivity index (χ0n) is 9.41. The normalized spacial score (nSPS) is 12.6. The van der Waals surface area contributed by atoms with Crippen LogP contribution in [-0.4, -0.2) is 0 Å². The summed E-state index contributed by atoms with van der Waals surface area (Å²) in [7, 11) is 0. The number of nitrogens with one attached hydrogen (secondary N) is 1. The van der Waals surface area contributed by atoms with E-state index in [0.717, 1.165) is 16.0 Å². The third-order valence-electron chi connectivity index (χ3n) is 2.64. The van der Waals surface area contributed by atoms with Crippen molar-refractivity contribution in [1.29, 1.82) is 0 Å². The van der Waals surface area contributed by atoms with E-state index in [1.807, 2.05) is 12.1 Å². The van der Waals surface area contributed by atoms with Gasteiger partial charge in [0.1, 0.15) is 0 Å². The highest BCUT2D eigenvalue weighted by Gasteiger charge is 2.05. The second-order valence-electron chi connectivity index (χ2n) is 3.91. The standard InChI is InChI=1S/C13H13BrClNS/c1-9(11-4-5-17-8-11)16-7-10-2-3-12(14)13(15)6-10/h2-6,8-9,16H,7H2,1H3. The van der Waals surface area contributed by atoms with E-state index < -0.39 is 0 Å². The summed E-state index contributed by atoms with van der Waals surface area (Å²) in [6.07, 6.45) is 0. The van der Waals surface area contributed by atoms with Crippen LogP contribution in [0.25, 0.3) is 0 Å². The number of halogens is 2. The van der Waals surface area contributed by atoms with Gasteiger partial charge in [-0.1, -0.05) is 17.7 Å². The topological polar surface area (TPSA) is 12.0 Å². The van der Waals surface area contributed by atoms with E-state index >= 15 is 0 Å². The summed E-state index contributed by atoms with van der Waals surface area (Å²) in [5.41, 5.74) is 2.53. The average molecular weight is 331 g/mol. The van der Waals surface area contributed by atoms with Crippen LogP contribution in [0.2, 0.25) is 5.02 Å². The molecule has 4 heteroatoms. The Kier molecular flexibility index (Phi) is 4.62. The van der Waals surface area contributed by atoms with Crippen molar-refractivity contribution in [3.63, 3.8) is 0 Å². The van der Waals surface area contributed by atoms with E-state index in [-0.39, 0.29) is 0 Å². The average Bonchev–Trinajstić information content (AvgIpc) is 2.84. The zero-order valence-corrected chi connectivity index (χ0v) is 12.6. The molecule has 0 aliphatic rings. The van der Waals surface area contributed by atoms with Gasteiger partial charge in [0.05, 0.1) is 5.02 Å². The predicted octanol–water partition coefficient (Wildman–Crippen LogP) is 5.01. The number of thiophene rings is 1. The Morgan fingerprint density at radius 2 is 2.24 bits per heavy atom. The number of rotatable bonds is 4. The van der Waals surface area contributed by atoms with Gasteiger partial charge in [0, 0.05) is 17.1 Å². The third kappa shape index (κ3) is 3.55. The molecule has 0 aliphatic heterocycles. The largest absolute Gasteiger partial charge is 0.306 e. The monoisotopic (exact) mass is 329 g/mol. The van der Waals surface area contributed by atoms with Crippen LogP contribution in [0.4, 0.5) is 0 Å². The minimum Gasteiger partial charge on any atom is -0.306 e. The highest BCUT2D eigenvalue weighted by Crippen LogP contribution is 2.23. The third-order valence-corrected chi connectivity index (χ3v) is 4.57. The number of hydrogen-bond donors (Lipinski definition) is 1. The van der Waals surface area contributed by atoms with Crippen molar-refractivity contribution < 1.29 is 0 Å². The summed E-state index contributed by atoms with van der Waals surface area (Å²) in [5, 5.41) is 8.51. The highest BCUT2D eigenvalue weighted by atomic mass is 79.9. The maximum atomic E-state index is 6.06. The fourth-order valence-electron chi connectivity index (χ4n) is 1.56. The first kappa shape index (κ1) is 13.1. The summed E-state index contributed by atoms with van der Waals surface area (Å²) in [6, 6.07) is 8.55. The molecule has 1 unspecified atom stereocenters. The molecule has 2 aromatic rings. The Bertz CT molecular complexity index is 484. The molecule has 0 amide bonds. The molecule has 1 N–H and O–H groups in total. The SMILES string of the molecule is CC(NCc1ccc(Br)c(Cl)c1)c1ccsc1. The summed E-state index contributed by atoms with van der Waals surface area (Å²) >= 11 is 11.2. The van der Waals surface area contributed by atoms with Crippen LogP contribution in [-0.2, 0) is 6.54 Å². The molecule has 0 aliphatic carbocycles. The number of hydrogen-bond acceptors (Lipinski definition) is 2. The van der Waals surface area contributed by atoms with Gasteiger partial charge in [-0.25, -0.2) is 0 Å². The molecule has 0 saturated heterocycles. The van der Waals surface area contributed by atoms with Crippen molar-refractivity contribution in [2.24, 2.45) is 0 Å². The zero-order chi connectivity index (χ0) is 12.3. The van der Waals surface area contributed by atoms with Crippen LogP contribution in [0.5, 0.6) is 0 Å². The smallest absolute Gasteiger partial charge is 0.0551 e. The fourth-order valence-corrected chi connectivity index (χ4v) is 2.76. The number of benzene rings is 1. The van der Waals surface area contributed by atoms with Crippen molar-refractivity contribution in [2.45, 2.75) is 19.5 Å². The quantitative estimate of drug-likeness (QED) is 0.830. The molecular formula is C13H13BrClNS. The lowest BCUT2D eigenvalue weighted by molar-refractivity contribution is 0.576. The van der Waals surface area contributed by atoms with E-state index in [0.29, 0.717) is 6.04 Å². The van der Waals surface area contributed by atoms with Gasteiger partial charge in [-0.15, -0.1) is 0 Å². The molecule has 1 aromatic carbocycles. The molecule has 2 rings (SSSR count). The van der Waals surface area contributed by atoms with Crippen LogP contribution in [0, 0.1) is 0 Å². The molecule has 0 fully saturated rings. The molecule has 1 atom stereocenters. The second-order valence-corrected chi connectivity index (χ2v) is 5.95. The van der Waals surface area contributed by atoms with Gasteiger partial charge < -0.3 is 5.32 Å². The van der Waals surface area contributed by atoms with Crippen molar-refractivity contribution in [1.82, 2.24) is 5.32 Å². The van der Waals surface area contributed by atoms with Gasteiger partial charge >= 0.3 is 0 Å². The van der Waals surface area contributed by atoms with E-state index in [4.69, 9.17) is 11.6 Å². The van der Waals surface area contributed by atoms with Gasteiger partial charge in [0.25, 0.3) is 0 Å². The molecule has 0 saturated carbocycles. The maximum absolute atomic E-state index is 6.06. The van der Waals surface area contributed by atoms with Crippen LogP contribution in [0.3, 0.4) is 0 Å². The Labute approximate surface area is 119 Å².